The fourth-order valence-electron chi connectivity index (χ4n) is 6.03. The summed E-state index contributed by atoms with van der Waals surface area (Å²) in [5.41, 5.74) is 0. The predicted molar refractivity (Wildman–Crippen MR) is 139 cm³/mol. The quantitative estimate of drug-likeness (QED) is 0.600. The Morgan fingerprint density at radius 1 is 0.844 bits per heavy atom. The van der Waals surface area contributed by atoms with Crippen LogP contribution in [0.1, 0.15) is 97.2 Å². The second-order valence-electron chi connectivity index (χ2n) is 9.18. The van der Waals surface area contributed by atoms with Crippen LogP contribution in [0.5, 0.6) is 0 Å². The van der Waals surface area contributed by atoms with Gasteiger partial charge in [0.05, 0.1) is 0 Å². The van der Waals surface area contributed by atoms with Gasteiger partial charge in [-0.2, -0.15) is 0 Å². The Morgan fingerprint density at radius 2 is 1.44 bits per heavy atom. The van der Waals surface area contributed by atoms with Crippen LogP contribution in [0.4, 0.5) is 5.82 Å². The lowest BCUT2D eigenvalue weighted by molar-refractivity contribution is 0.120. The molecule has 2 bridgehead atoms. The number of hydrogen-bond donors (Lipinski definition) is 1. The Balaban J connectivity index is 0.000000689. The molecule has 1 saturated carbocycles. The van der Waals surface area contributed by atoms with E-state index in [0.717, 1.165) is 25.0 Å². The molecule has 0 radical (unpaired) electrons. The number of piperidine rings is 2. The van der Waals surface area contributed by atoms with E-state index in [2.05, 4.69) is 34.3 Å². The topological polar surface area (TPSA) is 44.3 Å². The van der Waals surface area contributed by atoms with E-state index in [-0.39, 0.29) is 7.43 Å². The number of likely N-dealkylation sites (tertiary alicyclic amines) is 1. The van der Waals surface area contributed by atoms with Crippen LogP contribution < -0.4 is 10.2 Å². The van der Waals surface area contributed by atoms with Gasteiger partial charge < -0.3 is 15.1 Å². The molecule has 1 aliphatic carbocycles. The number of fused-ring (bicyclic) bond motifs is 2. The molecule has 5 nitrogen and oxygen atoms in total. The largest absolute Gasteiger partial charge is 0.348 e. The van der Waals surface area contributed by atoms with Crippen molar-refractivity contribution < 1.29 is 0 Å². The zero-order valence-electron chi connectivity index (χ0n) is 20.1. The summed E-state index contributed by atoms with van der Waals surface area (Å²) in [7, 11) is 0. The summed E-state index contributed by atoms with van der Waals surface area (Å²) in [5, 5.41) is 3.61. The average molecular weight is 444 g/mol. The first-order chi connectivity index (χ1) is 15.4. The number of hydrogen-bond acceptors (Lipinski definition) is 5. The summed E-state index contributed by atoms with van der Waals surface area (Å²) in [6.45, 7) is 14.7. The van der Waals surface area contributed by atoms with Crippen molar-refractivity contribution >= 4 is 5.82 Å². The van der Waals surface area contributed by atoms with Crippen LogP contribution in [0.15, 0.2) is 25.4 Å². The van der Waals surface area contributed by atoms with Crippen molar-refractivity contribution in [2.75, 3.05) is 31.1 Å². The molecule has 0 spiro atoms. The maximum absolute atomic E-state index is 5.11. The first kappa shape index (κ1) is 26.8. The van der Waals surface area contributed by atoms with E-state index in [9.17, 15) is 0 Å². The molecule has 4 aliphatic rings. The van der Waals surface area contributed by atoms with Crippen LogP contribution >= 0.6 is 0 Å². The van der Waals surface area contributed by atoms with E-state index in [1.807, 2.05) is 20.0 Å². The first-order valence-corrected chi connectivity index (χ1v) is 12.9. The van der Waals surface area contributed by atoms with Gasteiger partial charge in [-0.05, 0) is 64.1 Å². The van der Waals surface area contributed by atoms with Gasteiger partial charge in [-0.25, -0.2) is 9.97 Å². The van der Waals surface area contributed by atoms with E-state index < -0.39 is 0 Å². The Morgan fingerprint density at radius 3 is 2.06 bits per heavy atom. The van der Waals surface area contributed by atoms with Gasteiger partial charge in [0.25, 0.3) is 0 Å². The number of nitrogens with zero attached hydrogens (tertiary/aromatic N) is 4. The van der Waals surface area contributed by atoms with Crippen molar-refractivity contribution in [2.24, 2.45) is 0 Å². The number of aromatic nitrogens is 2. The zero-order valence-corrected chi connectivity index (χ0v) is 20.1. The first-order valence-electron chi connectivity index (χ1n) is 12.9. The van der Waals surface area contributed by atoms with Crippen molar-refractivity contribution in [3.8, 4) is 0 Å². The minimum Gasteiger partial charge on any atom is -0.348 e. The van der Waals surface area contributed by atoms with Gasteiger partial charge in [0.15, 0.2) is 0 Å². The lowest BCUT2D eigenvalue weighted by Gasteiger charge is -2.47. The summed E-state index contributed by atoms with van der Waals surface area (Å²) < 4.78 is 0. The van der Waals surface area contributed by atoms with E-state index in [1.54, 1.807) is 0 Å². The Kier molecular flexibility index (Phi) is 11.7. The molecule has 1 N–H and O–H groups in total. The second kappa shape index (κ2) is 13.9. The standard InChI is InChI=1S/C22H35N5.C2H6.C2H4.CH4/c1-2-5-18(6-3-1)26-13-10-17(11-14-26)22-24-12-9-21(25-22)27-19-7-4-8-20(27)16-23-15-19;2*1-2;/h9,12,17-20,23H,1-8,10-11,13-16H2;1-2H3;1-2H2;1H4. The van der Waals surface area contributed by atoms with E-state index in [0.29, 0.717) is 18.0 Å². The van der Waals surface area contributed by atoms with Crippen LogP contribution in [0.25, 0.3) is 0 Å². The lowest BCUT2D eigenvalue weighted by Crippen LogP contribution is -2.60. The Bertz CT molecular complexity index is 615. The molecule has 5 heteroatoms. The minimum atomic E-state index is 0. The van der Waals surface area contributed by atoms with E-state index in [4.69, 9.17) is 9.97 Å². The maximum Gasteiger partial charge on any atom is 0.133 e. The normalized spacial score (nSPS) is 26.6. The Labute approximate surface area is 198 Å². The molecule has 3 aliphatic heterocycles. The van der Waals surface area contributed by atoms with Gasteiger partial charge in [0.2, 0.25) is 0 Å². The Hall–Kier alpha value is -1.46. The average Bonchev–Trinajstić information content (AvgIpc) is 2.87. The predicted octanol–water partition coefficient (Wildman–Crippen LogP) is 5.78. The highest BCUT2D eigenvalue weighted by atomic mass is 15.3. The van der Waals surface area contributed by atoms with E-state index >= 15 is 0 Å². The molecule has 4 heterocycles. The monoisotopic (exact) mass is 443 g/mol. The summed E-state index contributed by atoms with van der Waals surface area (Å²) >= 11 is 0. The number of anilines is 1. The van der Waals surface area contributed by atoms with Gasteiger partial charge in [-0.15, -0.1) is 13.2 Å². The molecule has 2 atom stereocenters. The van der Waals surface area contributed by atoms with E-state index in [1.165, 1.54) is 83.1 Å². The molecule has 0 amide bonds. The van der Waals surface area contributed by atoms with Crippen LogP contribution in [-0.2, 0) is 0 Å². The summed E-state index contributed by atoms with van der Waals surface area (Å²) in [6.07, 6.45) is 15.6. The van der Waals surface area contributed by atoms with Crippen molar-refractivity contribution in [1.82, 2.24) is 20.2 Å². The third-order valence-electron chi connectivity index (χ3n) is 7.53. The maximum atomic E-state index is 5.11. The molecular weight excluding hydrogens is 394 g/mol. The summed E-state index contributed by atoms with van der Waals surface area (Å²) in [6, 6.07) is 4.24. The van der Waals surface area contributed by atoms with Gasteiger partial charge in [-0.1, -0.05) is 40.5 Å². The third kappa shape index (κ3) is 6.32. The fraction of sp³-hybridized carbons (Fsp3) is 0.778. The van der Waals surface area contributed by atoms with Crippen LogP contribution in [0, 0.1) is 0 Å². The summed E-state index contributed by atoms with van der Waals surface area (Å²) in [5.74, 6) is 2.84. The van der Waals surface area contributed by atoms with Crippen molar-refractivity contribution in [2.45, 2.75) is 110 Å². The molecular formula is C27H49N5. The molecule has 5 rings (SSSR count). The van der Waals surface area contributed by atoms with Gasteiger partial charge in [0.1, 0.15) is 11.6 Å². The molecule has 4 fully saturated rings. The third-order valence-corrected chi connectivity index (χ3v) is 7.53. The van der Waals surface area contributed by atoms with Gasteiger partial charge in [0, 0.05) is 43.3 Å². The highest BCUT2D eigenvalue weighted by molar-refractivity contribution is 5.43. The molecule has 182 valence electrons. The number of rotatable bonds is 3. The second-order valence-corrected chi connectivity index (χ2v) is 9.18. The number of nitrogens with one attached hydrogen (secondary N) is 1. The van der Waals surface area contributed by atoms with Crippen molar-refractivity contribution in [1.29, 1.82) is 0 Å². The summed E-state index contributed by atoms with van der Waals surface area (Å²) in [4.78, 5) is 15.2. The minimum absolute atomic E-state index is 0. The molecule has 1 aromatic rings. The zero-order chi connectivity index (χ0) is 22.1. The molecule has 0 aromatic carbocycles. The van der Waals surface area contributed by atoms with Crippen LogP contribution in [0.2, 0.25) is 0 Å². The molecule has 2 unspecified atom stereocenters. The van der Waals surface area contributed by atoms with Crippen LogP contribution in [-0.4, -0.2) is 59.2 Å². The highest BCUT2D eigenvalue weighted by Gasteiger charge is 2.35. The van der Waals surface area contributed by atoms with Crippen molar-refractivity contribution in [3.05, 3.63) is 31.2 Å². The van der Waals surface area contributed by atoms with Gasteiger partial charge >= 0.3 is 0 Å². The molecule has 32 heavy (non-hydrogen) atoms. The molecule has 3 saturated heterocycles. The van der Waals surface area contributed by atoms with Gasteiger partial charge in [-0.3, -0.25) is 0 Å². The highest BCUT2D eigenvalue weighted by Crippen LogP contribution is 2.33. The smallest absolute Gasteiger partial charge is 0.133 e. The lowest BCUT2D eigenvalue weighted by atomic mass is 9.89. The fourth-order valence-corrected chi connectivity index (χ4v) is 6.03. The molecule has 1 aromatic heterocycles. The number of piperazine rings is 1. The SMILES string of the molecule is C.C=C.CC.c1cc(N2C3CCCC2CNC3)nc(C2CCN(C3CCCCC3)CC2)n1. The van der Waals surface area contributed by atoms with Crippen molar-refractivity contribution in [3.63, 3.8) is 0 Å². The van der Waals surface area contributed by atoms with Crippen LogP contribution in [0.3, 0.4) is 0 Å².